The topological polar surface area (TPSA) is 99.5 Å². The van der Waals surface area contributed by atoms with Gasteiger partial charge in [0.05, 0.1) is 5.69 Å². The first kappa shape index (κ1) is 21.7. The Bertz CT molecular complexity index is 986. The quantitative estimate of drug-likeness (QED) is 0.458. The molecule has 0 aliphatic heterocycles. The van der Waals surface area contributed by atoms with Gasteiger partial charge < -0.3 is 10.2 Å². The van der Waals surface area contributed by atoms with Crippen LogP contribution in [0.2, 0.25) is 0 Å². The lowest BCUT2D eigenvalue weighted by molar-refractivity contribution is -0.142. The van der Waals surface area contributed by atoms with E-state index in [1.165, 1.54) is 11.3 Å². The molecule has 2 atom stereocenters. The minimum Gasteiger partial charge on any atom is -0.480 e. The van der Waals surface area contributed by atoms with E-state index in [9.17, 15) is 19.8 Å². The van der Waals surface area contributed by atoms with Crippen LogP contribution < -0.4 is 5.32 Å². The van der Waals surface area contributed by atoms with Crippen molar-refractivity contribution < 1.29 is 19.8 Å². The number of nitrogens with one attached hydrogen (secondary N) is 1. The molecule has 2 aromatic carbocycles. The number of thiazole rings is 1. The molecule has 0 aliphatic carbocycles. The fraction of sp³-hybridized carbons (Fsp3) is 0.261. The second-order valence-electron chi connectivity index (χ2n) is 7.19. The third-order valence-electron chi connectivity index (χ3n) is 4.83. The zero-order chi connectivity index (χ0) is 21.5. The van der Waals surface area contributed by atoms with E-state index < -0.39 is 24.0 Å². The van der Waals surface area contributed by atoms with Crippen LogP contribution in [0.4, 0.5) is 0 Å². The molecule has 156 valence electrons. The Hall–Kier alpha value is -3.03. The van der Waals surface area contributed by atoms with Gasteiger partial charge in [0, 0.05) is 17.4 Å². The van der Waals surface area contributed by atoms with Gasteiger partial charge in [-0.3, -0.25) is 14.9 Å². The Kier molecular flexibility index (Phi) is 7.32. The van der Waals surface area contributed by atoms with Crippen LogP contribution in [0.1, 0.15) is 23.2 Å². The van der Waals surface area contributed by atoms with Gasteiger partial charge in [0.25, 0.3) is 0 Å². The molecule has 3 aromatic rings. The largest absolute Gasteiger partial charge is 0.480 e. The third kappa shape index (κ3) is 5.98. The van der Waals surface area contributed by atoms with Crippen LogP contribution in [-0.4, -0.2) is 39.2 Å². The molecular weight excluding hydrogens is 400 g/mol. The first-order valence-electron chi connectivity index (χ1n) is 9.69. The first-order chi connectivity index (χ1) is 14.4. The Labute approximate surface area is 179 Å². The van der Waals surface area contributed by atoms with Crippen molar-refractivity contribution >= 4 is 23.3 Å². The predicted molar refractivity (Wildman–Crippen MR) is 117 cm³/mol. The van der Waals surface area contributed by atoms with Crippen molar-refractivity contribution in [2.75, 3.05) is 0 Å². The third-order valence-corrected chi connectivity index (χ3v) is 5.77. The molecule has 0 aliphatic rings. The number of hydrogen-bond donors (Lipinski definition) is 3. The maximum atomic E-state index is 11.8. The summed E-state index contributed by atoms with van der Waals surface area (Å²) in [4.78, 5) is 28.0. The summed E-state index contributed by atoms with van der Waals surface area (Å²) in [6.45, 7) is 2.01. The second kappa shape index (κ2) is 10.1. The zero-order valence-electron chi connectivity index (χ0n) is 16.6. The van der Waals surface area contributed by atoms with Crippen LogP contribution in [0.25, 0.3) is 10.6 Å². The summed E-state index contributed by atoms with van der Waals surface area (Å²) in [6, 6.07) is 15.5. The maximum absolute atomic E-state index is 11.8. The number of benzene rings is 2. The number of nitrogens with zero attached hydrogens (tertiary/aromatic N) is 1. The van der Waals surface area contributed by atoms with Gasteiger partial charge in [0.15, 0.2) is 0 Å². The maximum Gasteiger partial charge on any atom is 0.321 e. The van der Waals surface area contributed by atoms with Gasteiger partial charge in [-0.1, -0.05) is 60.2 Å². The normalized spacial score (nSPS) is 13.0. The number of hydrogen-bond acceptors (Lipinski definition) is 5. The minimum absolute atomic E-state index is 0.118. The van der Waals surface area contributed by atoms with Gasteiger partial charge in [-0.2, -0.15) is 0 Å². The summed E-state index contributed by atoms with van der Waals surface area (Å²) in [5.41, 5.74) is 3.77. The number of aliphatic carboxylic acids is 2. The second-order valence-corrected chi connectivity index (χ2v) is 8.04. The highest BCUT2D eigenvalue weighted by molar-refractivity contribution is 7.13. The number of aromatic nitrogens is 1. The molecule has 0 spiro atoms. The van der Waals surface area contributed by atoms with Crippen LogP contribution in [0.5, 0.6) is 0 Å². The lowest BCUT2D eigenvalue weighted by atomic mass is 10.0. The molecule has 3 N–H and O–H groups in total. The summed E-state index contributed by atoms with van der Waals surface area (Å²) in [7, 11) is 0. The monoisotopic (exact) mass is 424 g/mol. The highest BCUT2D eigenvalue weighted by Crippen LogP contribution is 2.24. The van der Waals surface area contributed by atoms with Crippen molar-refractivity contribution in [1.82, 2.24) is 10.3 Å². The van der Waals surface area contributed by atoms with Gasteiger partial charge in [0.1, 0.15) is 17.1 Å². The Morgan fingerprint density at radius 1 is 1.00 bits per heavy atom. The van der Waals surface area contributed by atoms with Crippen molar-refractivity contribution in [2.45, 2.75) is 38.3 Å². The van der Waals surface area contributed by atoms with Crippen molar-refractivity contribution in [3.8, 4) is 10.6 Å². The molecule has 0 saturated carbocycles. The molecule has 1 heterocycles. The van der Waals surface area contributed by atoms with Crippen LogP contribution in [-0.2, 0) is 22.4 Å². The molecule has 0 saturated heterocycles. The standard InChI is InChI=1S/C23H24N2O4S/c1-15-7-10-17(11-8-15)21-24-18(14-30-21)13-20(23(28)29)25-19(22(26)27)12-9-16-5-3-2-4-6-16/h2-8,10-11,14,19-20,25H,9,12-13H2,1H3,(H,26,27)(H,28,29). The number of carboxylic acids is 2. The molecule has 7 heteroatoms. The minimum atomic E-state index is -1.09. The van der Waals surface area contributed by atoms with Crippen LogP contribution in [0, 0.1) is 6.92 Å². The van der Waals surface area contributed by atoms with E-state index in [0.29, 0.717) is 18.5 Å². The van der Waals surface area contributed by atoms with Crippen LogP contribution in [0.15, 0.2) is 60.0 Å². The summed E-state index contributed by atoms with van der Waals surface area (Å²) in [5.74, 6) is -2.15. The smallest absolute Gasteiger partial charge is 0.321 e. The average molecular weight is 425 g/mol. The van der Waals surface area contributed by atoms with E-state index in [-0.39, 0.29) is 6.42 Å². The number of carbonyl (C=O) groups is 2. The zero-order valence-corrected chi connectivity index (χ0v) is 17.4. The van der Waals surface area contributed by atoms with Gasteiger partial charge in [-0.25, -0.2) is 4.98 Å². The van der Waals surface area contributed by atoms with Crippen LogP contribution in [0.3, 0.4) is 0 Å². The van der Waals surface area contributed by atoms with Crippen molar-refractivity contribution in [3.63, 3.8) is 0 Å². The molecular formula is C23H24N2O4S. The highest BCUT2D eigenvalue weighted by Gasteiger charge is 2.27. The molecule has 2 unspecified atom stereocenters. The Morgan fingerprint density at radius 3 is 2.30 bits per heavy atom. The average Bonchev–Trinajstić information content (AvgIpc) is 3.19. The molecule has 3 rings (SSSR count). The fourth-order valence-corrected chi connectivity index (χ4v) is 3.97. The number of carboxylic acid groups (broad SMARTS) is 2. The van der Waals surface area contributed by atoms with E-state index in [2.05, 4.69) is 10.3 Å². The fourth-order valence-electron chi connectivity index (χ4n) is 3.13. The van der Waals surface area contributed by atoms with Gasteiger partial charge >= 0.3 is 11.9 Å². The van der Waals surface area contributed by atoms with Crippen molar-refractivity contribution in [2.24, 2.45) is 0 Å². The van der Waals surface area contributed by atoms with E-state index >= 15 is 0 Å². The van der Waals surface area contributed by atoms with Gasteiger partial charge in [-0.05, 0) is 25.3 Å². The Morgan fingerprint density at radius 2 is 1.67 bits per heavy atom. The molecule has 0 radical (unpaired) electrons. The van der Waals surface area contributed by atoms with Gasteiger partial charge in [0.2, 0.25) is 0 Å². The number of rotatable bonds is 10. The summed E-state index contributed by atoms with van der Waals surface area (Å²) in [5, 5.41) is 24.6. The SMILES string of the molecule is Cc1ccc(-c2nc(CC(NC(CCc3ccccc3)C(=O)O)C(=O)O)cs2)cc1. The molecule has 0 fully saturated rings. The summed E-state index contributed by atoms with van der Waals surface area (Å²) < 4.78 is 0. The molecule has 6 nitrogen and oxygen atoms in total. The van der Waals surface area contributed by atoms with Crippen LogP contribution >= 0.6 is 11.3 Å². The lowest BCUT2D eigenvalue weighted by Crippen LogP contribution is -2.48. The summed E-state index contributed by atoms with van der Waals surface area (Å²) >= 11 is 1.45. The molecule has 0 bridgehead atoms. The van der Waals surface area contributed by atoms with E-state index in [1.54, 1.807) is 0 Å². The Balaban J connectivity index is 1.66. The molecule has 1 aromatic heterocycles. The molecule has 0 amide bonds. The predicted octanol–water partition coefficient (Wildman–Crippen LogP) is 3.79. The molecule has 30 heavy (non-hydrogen) atoms. The van der Waals surface area contributed by atoms with E-state index in [1.807, 2.05) is 66.9 Å². The highest BCUT2D eigenvalue weighted by atomic mass is 32.1. The lowest BCUT2D eigenvalue weighted by Gasteiger charge is -2.20. The summed E-state index contributed by atoms with van der Waals surface area (Å²) in [6.07, 6.45) is 0.965. The van der Waals surface area contributed by atoms with E-state index in [4.69, 9.17) is 0 Å². The van der Waals surface area contributed by atoms with Crippen molar-refractivity contribution in [1.29, 1.82) is 0 Å². The van der Waals surface area contributed by atoms with Gasteiger partial charge in [-0.15, -0.1) is 11.3 Å². The van der Waals surface area contributed by atoms with Crippen molar-refractivity contribution in [3.05, 3.63) is 76.8 Å². The first-order valence-corrected chi connectivity index (χ1v) is 10.6. The number of aryl methyl sites for hydroxylation is 2. The van der Waals surface area contributed by atoms with E-state index in [0.717, 1.165) is 21.7 Å².